The molecule has 1 saturated heterocycles. The van der Waals surface area contributed by atoms with E-state index < -0.39 is 11.8 Å². The summed E-state index contributed by atoms with van der Waals surface area (Å²) in [5.74, 6) is -0.925. The normalized spacial score (nSPS) is 16.6. The molecular weight excluding hydrogens is 332 g/mol. The quantitative estimate of drug-likeness (QED) is 0.525. The predicted molar refractivity (Wildman–Crippen MR) is 103 cm³/mol. The van der Waals surface area contributed by atoms with E-state index in [0.29, 0.717) is 5.69 Å². The third kappa shape index (κ3) is 3.72. The van der Waals surface area contributed by atoms with Crippen LogP contribution in [0.2, 0.25) is 0 Å². The maximum absolute atomic E-state index is 12.7. The molecule has 0 aliphatic carbocycles. The maximum atomic E-state index is 12.7. The Morgan fingerprint density at radius 2 is 1.68 bits per heavy atom. The van der Waals surface area contributed by atoms with Crippen LogP contribution in [-0.4, -0.2) is 16.9 Å². The number of benzene rings is 2. The van der Waals surface area contributed by atoms with Crippen molar-refractivity contribution in [3.63, 3.8) is 0 Å². The van der Waals surface area contributed by atoms with Crippen LogP contribution in [0.5, 0.6) is 0 Å². The van der Waals surface area contributed by atoms with Gasteiger partial charge in [-0.1, -0.05) is 60.2 Å². The zero-order chi connectivity index (χ0) is 17.8. The lowest BCUT2D eigenvalue weighted by atomic mass is 10.1. The summed E-state index contributed by atoms with van der Waals surface area (Å²) in [7, 11) is 0. The Bertz CT molecular complexity index is 884. The summed E-state index contributed by atoms with van der Waals surface area (Å²) < 4.78 is 0. The van der Waals surface area contributed by atoms with E-state index in [2.05, 4.69) is 5.32 Å². The molecule has 0 unspecified atom stereocenters. The molecule has 5 heteroatoms. The Labute approximate surface area is 151 Å². The second-order valence-corrected chi connectivity index (χ2v) is 5.97. The second kappa shape index (κ2) is 7.23. The molecular formula is C20H16N2O2S. The van der Waals surface area contributed by atoms with E-state index >= 15 is 0 Å². The highest BCUT2D eigenvalue weighted by molar-refractivity contribution is 7.80. The minimum absolute atomic E-state index is 0.0429. The molecule has 4 nitrogen and oxygen atoms in total. The van der Waals surface area contributed by atoms with Crippen molar-refractivity contribution in [3.05, 3.63) is 83.4 Å². The number of allylic oxidation sites excluding steroid dienone is 2. The van der Waals surface area contributed by atoms with Crippen molar-refractivity contribution in [3.8, 4) is 0 Å². The fraction of sp³-hybridized carbons (Fsp3) is 0.0500. The lowest BCUT2D eigenvalue weighted by molar-refractivity contribution is -0.122. The van der Waals surface area contributed by atoms with Crippen LogP contribution < -0.4 is 10.2 Å². The highest BCUT2D eigenvalue weighted by Crippen LogP contribution is 2.21. The Kier molecular flexibility index (Phi) is 4.86. The van der Waals surface area contributed by atoms with Gasteiger partial charge in [-0.2, -0.15) is 0 Å². The number of carbonyl (C=O) groups is 2. The average Bonchev–Trinajstić information content (AvgIpc) is 2.60. The van der Waals surface area contributed by atoms with E-state index in [9.17, 15) is 9.59 Å². The van der Waals surface area contributed by atoms with E-state index in [0.717, 1.165) is 11.1 Å². The monoisotopic (exact) mass is 348 g/mol. The number of nitrogens with zero attached hydrogens (tertiary/aromatic N) is 1. The number of thiocarbonyl (C=S) groups is 1. The highest BCUT2D eigenvalue weighted by Gasteiger charge is 2.33. The molecule has 0 saturated carbocycles. The van der Waals surface area contributed by atoms with Crippen molar-refractivity contribution in [1.82, 2.24) is 5.32 Å². The number of anilines is 1. The third-order valence-corrected chi connectivity index (χ3v) is 4.03. The SMILES string of the molecule is Cc1ccc(N2C(=O)/C(=C\C=C\c3ccccc3)C(=O)NC2=S)cc1. The molecule has 1 aliphatic heterocycles. The van der Waals surface area contributed by atoms with Gasteiger partial charge >= 0.3 is 0 Å². The van der Waals surface area contributed by atoms with Crippen molar-refractivity contribution in [2.45, 2.75) is 6.92 Å². The van der Waals surface area contributed by atoms with Gasteiger partial charge in [-0.05, 0) is 42.9 Å². The predicted octanol–water partition coefficient (Wildman–Crippen LogP) is 3.38. The zero-order valence-electron chi connectivity index (χ0n) is 13.6. The van der Waals surface area contributed by atoms with Crippen molar-refractivity contribution in [2.24, 2.45) is 0 Å². The third-order valence-electron chi connectivity index (χ3n) is 3.74. The lowest BCUT2D eigenvalue weighted by Crippen LogP contribution is -2.54. The van der Waals surface area contributed by atoms with Gasteiger partial charge < -0.3 is 0 Å². The van der Waals surface area contributed by atoms with Crippen molar-refractivity contribution >= 4 is 40.9 Å². The maximum Gasteiger partial charge on any atom is 0.270 e. The first-order chi connectivity index (χ1) is 12.1. The van der Waals surface area contributed by atoms with E-state index in [-0.39, 0.29) is 10.7 Å². The summed E-state index contributed by atoms with van der Waals surface area (Å²) in [6, 6.07) is 17.0. The Morgan fingerprint density at radius 3 is 2.36 bits per heavy atom. The van der Waals surface area contributed by atoms with Gasteiger partial charge in [-0.25, -0.2) is 0 Å². The van der Waals surface area contributed by atoms with Crippen molar-refractivity contribution < 1.29 is 9.59 Å². The minimum atomic E-state index is -0.490. The van der Waals surface area contributed by atoms with Crippen molar-refractivity contribution in [1.29, 1.82) is 0 Å². The van der Waals surface area contributed by atoms with E-state index in [4.69, 9.17) is 12.2 Å². The number of nitrogens with one attached hydrogen (secondary N) is 1. The molecule has 2 aromatic carbocycles. The smallest absolute Gasteiger partial charge is 0.270 e. The van der Waals surface area contributed by atoms with Crippen LogP contribution in [0.4, 0.5) is 5.69 Å². The molecule has 1 N–H and O–H groups in total. The molecule has 25 heavy (non-hydrogen) atoms. The summed E-state index contributed by atoms with van der Waals surface area (Å²) in [6.45, 7) is 1.96. The summed E-state index contributed by atoms with van der Waals surface area (Å²) in [5, 5.41) is 2.65. The first-order valence-electron chi connectivity index (χ1n) is 7.76. The molecule has 0 spiro atoms. The van der Waals surface area contributed by atoms with Gasteiger partial charge in [0, 0.05) is 0 Å². The summed E-state index contributed by atoms with van der Waals surface area (Å²) >= 11 is 5.17. The van der Waals surface area contributed by atoms with Gasteiger partial charge in [0.25, 0.3) is 11.8 Å². The van der Waals surface area contributed by atoms with Crippen LogP contribution in [-0.2, 0) is 9.59 Å². The summed E-state index contributed by atoms with van der Waals surface area (Å²) in [4.78, 5) is 26.2. The van der Waals surface area contributed by atoms with Crippen LogP contribution in [0, 0.1) is 6.92 Å². The van der Waals surface area contributed by atoms with Crippen LogP contribution in [0.3, 0.4) is 0 Å². The van der Waals surface area contributed by atoms with Crippen LogP contribution in [0.1, 0.15) is 11.1 Å². The fourth-order valence-electron chi connectivity index (χ4n) is 2.43. The first-order valence-corrected chi connectivity index (χ1v) is 8.17. The number of aryl methyl sites for hydroxylation is 1. The summed E-state index contributed by atoms with van der Waals surface area (Å²) in [6.07, 6.45) is 5.02. The molecule has 3 rings (SSSR count). The topological polar surface area (TPSA) is 49.4 Å². The van der Waals surface area contributed by atoms with E-state index in [1.165, 1.54) is 11.0 Å². The van der Waals surface area contributed by atoms with E-state index in [1.54, 1.807) is 18.2 Å². The van der Waals surface area contributed by atoms with Crippen molar-refractivity contribution in [2.75, 3.05) is 4.90 Å². The van der Waals surface area contributed by atoms with Gasteiger partial charge in [0.05, 0.1) is 5.69 Å². The Balaban J connectivity index is 1.88. The molecule has 2 aromatic rings. The zero-order valence-corrected chi connectivity index (χ0v) is 14.4. The largest absolute Gasteiger partial charge is 0.298 e. The Morgan fingerprint density at radius 1 is 1.00 bits per heavy atom. The second-order valence-electron chi connectivity index (χ2n) is 5.59. The van der Waals surface area contributed by atoms with Crippen LogP contribution >= 0.6 is 12.2 Å². The number of amides is 2. The van der Waals surface area contributed by atoms with E-state index in [1.807, 2.05) is 55.5 Å². The fourth-order valence-corrected chi connectivity index (χ4v) is 2.71. The van der Waals surface area contributed by atoms with Gasteiger partial charge in [0.1, 0.15) is 5.57 Å². The minimum Gasteiger partial charge on any atom is -0.298 e. The van der Waals surface area contributed by atoms with Gasteiger partial charge in [0.15, 0.2) is 5.11 Å². The van der Waals surface area contributed by atoms with Crippen LogP contribution in [0.25, 0.3) is 6.08 Å². The standard InChI is InChI=1S/C20H16N2O2S/c1-14-10-12-16(13-11-14)22-19(24)17(18(23)21-20(22)25)9-5-8-15-6-3-2-4-7-15/h2-13H,1H3,(H,21,23,25)/b8-5+,17-9-. The molecule has 0 aromatic heterocycles. The molecule has 0 atom stereocenters. The van der Waals surface area contributed by atoms with Gasteiger partial charge in [-0.3, -0.25) is 19.8 Å². The molecule has 0 bridgehead atoms. The molecule has 1 aliphatic rings. The lowest BCUT2D eigenvalue weighted by Gasteiger charge is -2.28. The Hall–Kier alpha value is -3.05. The number of hydrogen-bond acceptors (Lipinski definition) is 3. The molecule has 124 valence electrons. The molecule has 1 fully saturated rings. The number of carbonyl (C=O) groups excluding carboxylic acids is 2. The van der Waals surface area contributed by atoms with Crippen LogP contribution in [0.15, 0.2) is 72.3 Å². The molecule has 1 heterocycles. The van der Waals surface area contributed by atoms with Gasteiger partial charge in [0.2, 0.25) is 0 Å². The summed E-state index contributed by atoms with van der Waals surface area (Å²) in [5.41, 5.74) is 2.72. The first kappa shape index (κ1) is 16.8. The molecule has 2 amide bonds. The molecule has 0 radical (unpaired) electrons. The average molecular weight is 348 g/mol. The number of hydrogen-bond donors (Lipinski definition) is 1. The highest BCUT2D eigenvalue weighted by atomic mass is 32.1. The van der Waals surface area contributed by atoms with Gasteiger partial charge in [-0.15, -0.1) is 0 Å². The number of rotatable bonds is 3.